The van der Waals surface area contributed by atoms with Crippen molar-refractivity contribution in [2.45, 2.75) is 25.5 Å². The maximum atomic E-state index is 12.4. The highest BCUT2D eigenvalue weighted by molar-refractivity contribution is 5.71. The molecule has 0 spiro atoms. The number of nitrogens with one attached hydrogen (secondary N) is 1. The highest BCUT2D eigenvalue weighted by atomic mass is 19.3. The fourth-order valence-corrected chi connectivity index (χ4v) is 1.31. The van der Waals surface area contributed by atoms with Crippen molar-refractivity contribution in [2.75, 3.05) is 0 Å². The summed E-state index contributed by atoms with van der Waals surface area (Å²) >= 11 is 0. The van der Waals surface area contributed by atoms with Gasteiger partial charge in [0.1, 0.15) is 12.6 Å². The van der Waals surface area contributed by atoms with E-state index < -0.39 is 31.0 Å². The first-order valence-corrected chi connectivity index (χ1v) is 5.46. The van der Waals surface area contributed by atoms with E-state index in [0.29, 0.717) is 5.56 Å². The second-order valence-corrected chi connectivity index (χ2v) is 3.74. The predicted molar refractivity (Wildman–Crippen MR) is 61.8 cm³/mol. The van der Waals surface area contributed by atoms with Crippen molar-refractivity contribution < 1.29 is 28.2 Å². The van der Waals surface area contributed by atoms with Crippen LogP contribution in [-0.4, -0.2) is 29.6 Å². The SMILES string of the molecule is O=C(O)CC(NC(=O)OCc1ccccc1)C(F)F. The first-order valence-electron chi connectivity index (χ1n) is 5.46. The summed E-state index contributed by atoms with van der Waals surface area (Å²) in [5, 5.41) is 10.3. The molecule has 1 unspecified atom stereocenters. The van der Waals surface area contributed by atoms with E-state index >= 15 is 0 Å². The summed E-state index contributed by atoms with van der Waals surface area (Å²) in [5.41, 5.74) is 0.699. The number of halogens is 2. The van der Waals surface area contributed by atoms with Gasteiger partial charge in [0.2, 0.25) is 0 Å². The van der Waals surface area contributed by atoms with Crippen LogP contribution in [0.1, 0.15) is 12.0 Å². The van der Waals surface area contributed by atoms with Crippen molar-refractivity contribution in [1.82, 2.24) is 5.32 Å². The van der Waals surface area contributed by atoms with Gasteiger partial charge >= 0.3 is 12.1 Å². The number of alkyl halides is 2. The molecule has 7 heteroatoms. The Kier molecular flexibility index (Phi) is 5.72. The molecule has 1 aromatic rings. The van der Waals surface area contributed by atoms with E-state index in [1.165, 1.54) is 0 Å². The van der Waals surface area contributed by atoms with Gasteiger partial charge in [-0.2, -0.15) is 0 Å². The molecule has 2 N–H and O–H groups in total. The van der Waals surface area contributed by atoms with Gasteiger partial charge in [0.25, 0.3) is 6.43 Å². The van der Waals surface area contributed by atoms with Crippen LogP contribution in [-0.2, 0) is 16.1 Å². The highest BCUT2D eigenvalue weighted by Crippen LogP contribution is 2.07. The van der Waals surface area contributed by atoms with E-state index in [0.717, 1.165) is 0 Å². The Hall–Kier alpha value is -2.18. The lowest BCUT2D eigenvalue weighted by Crippen LogP contribution is -2.41. The third-order valence-electron chi connectivity index (χ3n) is 2.21. The van der Waals surface area contributed by atoms with E-state index in [1.54, 1.807) is 30.3 Å². The number of carbonyl (C=O) groups excluding carboxylic acids is 1. The molecule has 0 heterocycles. The molecule has 19 heavy (non-hydrogen) atoms. The van der Waals surface area contributed by atoms with Crippen molar-refractivity contribution in [3.63, 3.8) is 0 Å². The lowest BCUT2D eigenvalue weighted by atomic mass is 10.2. The highest BCUT2D eigenvalue weighted by Gasteiger charge is 2.25. The van der Waals surface area contributed by atoms with Crippen LogP contribution in [0.15, 0.2) is 30.3 Å². The molecular formula is C12H13F2NO4. The monoisotopic (exact) mass is 273 g/mol. The molecule has 0 bridgehead atoms. The summed E-state index contributed by atoms with van der Waals surface area (Å²) in [5.74, 6) is -1.42. The summed E-state index contributed by atoms with van der Waals surface area (Å²) in [6.45, 7) is -0.0737. The average Bonchev–Trinajstić information content (AvgIpc) is 2.36. The number of aliphatic carboxylic acids is 1. The zero-order valence-corrected chi connectivity index (χ0v) is 9.88. The first-order chi connectivity index (χ1) is 8.99. The topological polar surface area (TPSA) is 75.6 Å². The first kappa shape index (κ1) is 14.9. The third kappa shape index (κ3) is 5.80. The number of rotatable bonds is 6. The van der Waals surface area contributed by atoms with Crippen LogP contribution in [0.2, 0.25) is 0 Å². The van der Waals surface area contributed by atoms with E-state index in [1.807, 2.05) is 5.32 Å². The number of carbonyl (C=O) groups is 2. The standard InChI is InChI=1S/C12H13F2NO4/c13-11(14)9(6-10(16)17)15-12(18)19-7-8-4-2-1-3-5-8/h1-5,9,11H,6-7H2,(H,15,18)(H,16,17). The van der Waals surface area contributed by atoms with Crippen LogP contribution >= 0.6 is 0 Å². The summed E-state index contributed by atoms with van der Waals surface area (Å²) < 4.78 is 29.6. The van der Waals surface area contributed by atoms with Crippen LogP contribution < -0.4 is 5.32 Å². The minimum atomic E-state index is -2.97. The lowest BCUT2D eigenvalue weighted by Gasteiger charge is -2.15. The minimum absolute atomic E-state index is 0.0737. The summed E-state index contributed by atoms with van der Waals surface area (Å²) in [6, 6.07) is 6.90. The van der Waals surface area contributed by atoms with Crippen LogP contribution in [0.3, 0.4) is 0 Å². The molecule has 1 aromatic carbocycles. The van der Waals surface area contributed by atoms with Crippen molar-refractivity contribution in [3.05, 3.63) is 35.9 Å². The van der Waals surface area contributed by atoms with Gasteiger partial charge in [0.05, 0.1) is 6.42 Å². The Morgan fingerprint density at radius 1 is 1.26 bits per heavy atom. The maximum Gasteiger partial charge on any atom is 0.407 e. The number of alkyl carbamates (subject to hydrolysis) is 1. The molecular weight excluding hydrogens is 260 g/mol. The largest absolute Gasteiger partial charge is 0.481 e. The molecule has 0 aliphatic heterocycles. The van der Waals surface area contributed by atoms with Gasteiger partial charge in [-0.25, -0.2) is 13.6 Å². The molecule has 0 radical (unpaired) electrons. The number of benzene rings is 1. The predicted octanol–water partition coefficient (Wildman–Crippen LogP) is 2.02. The second kappa shape index (κ2) is 7.30. The van der Waals surface area contributed by atoms with Gasteiger partial charge in [-0.15, -0.1) is 0 Å². The Balaban J connectivity index is 2.42. The van der Waals surface area contributed by atoms with Crippen LogP contribution in [0.25, 0.3) is 0 Å². The number of ether oxygens (including phenoxy) is 1. The lowest BCUT2D eigenvalue weighted by molar-refractivity contribution is -0.138. The van der Waals surface area contributed by atoms with Crippen molar-refractivity contribution >= 4 is 12.1 Å². The Labute approximate surface area is 108 Å². The van der Waals surface area contributed by atoms with E-state index in [9.17, 15) is 18.4 Å². The number of amides is 1. The van der Waals surface area contributed by atoms with Crippen molar-refractivity contribution in [3.8, 4) is 0 Å². The molecule has 0 aromatic heterocycles. The van der Waals surface area contributed by atoms with Gasteiger partial charge < -0.3 is 15.2 Å². The normalized spacial score (nSPS) is 11.9. The minimum Gasteiger partial charge on any atom is -0.481 e. The summed E-state index contributed by atoms with van der Waals surface area (Å²) in [7, 11) is 0. The second-order valence-electron chi connectivity index (χ2n) is 3.74. The van der Waals surface area contributed by atoms with E-state index in [-0.39, 0.29) is 6.61 Å². The molecule has 1 rings (SSSR count). The summed E-state index contributed by atoms with van der Waals surface area (Å²) in [4.78, 5) is 21.6. The molecule has 0 saturated carbocycles. The number of carboxylic acids is 1. The van der Waals surface area contributed by atoms with Gasteiger partial charge in [0.15, 0.2) is 0 Å². The number of carboxylic acid groups (broad SMARTS) is 1. The Morgan fingerprint density at radius 2 is 1.89 bits per heavy atom. The van der Waals surface area contributed by atoms with Crippen molar-refractivity contribution in [2.24, 2.45) is 0 Å². The van der Waals surface area contributed by atoms with Gasteiger partial charge in [-0.05, 0) is 5.56 Å². The zero-order chi connectivity index (χ0) is 14.3. The molecule has 5 nitrogen and oxygen atoms in total. The summed E-state index contributed by atoms with van der Waals surface area (Å²) in [6.07, 6.45) is -4.91. The number of hydrogen-bond acceptors (Lipinski definition) is 3. The average molecular weight is 273 g/mol. The zero-order valence-electron chi connectivity index (χ0n) is 9.88. The maximum absolute atomic E-state index is 12.4. The smallest absolute Gasteiger partial charge is 0.407 e. The Morgan fingerprint density at radius 3 is 2.42 bits per heavy atom. The molecule has 1 atom stereocenters. The van der Waals surface area contributed by atoms with Crippen LogP contribution in [0.4, 0.5) is 13.6 Å². The van der Waals surface area contributed by atoms with Gasteiger partial charge in [0, 0.05) is 0 Å². The molecule has 104 valence electrons. The molecule has 0 aliphatic rings. The van der Waals surface area contributed by atoms with Crippen LogP contribution in [0.5, 0.6) is 0 Å². The van der Waals surface area contributed by atoms with Crippen LogP contribution in [0, 0.1) is 0 Å². The fraction of sp³-hybridized carbons (Fsp3) is 0.333. The molecule has 1 amide bonds. The molecule has 0 saturated heterocycles. The third-order valence-corrected chi connectivity index (χ3v) is 2.21. The van der Waals surface area contributed by atoms with E-state index in [4.69, 9.17) is 9.84 Å². The number of hydrogen-bond donors (Lipinski definition) is 2. The quantitative estimate of drug-likeness (QED) is 0.831. The fourth-order valence-electron chi connectivity index (χ4n) is 1.31. The Bertz CT molecular complexity index is 425. The molecule has 0 fully saturated rings. The van der Waals surface area contributed by atoms with Gasteiger partial charge in [-0.1, -0.05) is 30.3 Å². The molecule has 0 aliphatic carbocycles. The van der Waals surface area contributed by atoms with Gasteiger partial charge in [-0.3, -0.25) is 4.79 Å². The van der Waals surface area contributed by atoms with Crippen molar-refractivity contribution in [1.29, 1.82) is 0 Å². The van der Waals surface area contributed by atoms with E-state index in [2.05, 4.69) is 0 Å².